The van der Waals surface area contributed by atoms with E-state index < -0.39 is 0 Å². The molecule has 0 radical (unpaired) electrons. The number of hydrogen-bond donors (Lipinski definition) is 0. The summed E-state index contributed by atoms with van der Waals surface area (Å²) in [4.78, 5) is 8.24. The standard InChI is InChI=1S/C11H13ClN4O/c1-7-11(8(2)16(3)15-7)17-10-6-13-5-9(4-12)14-10/h5-6H,4H2,1-3H3. The topological polar surface area (TPSA) is 52.8 Å². The monoisotopic (exact) mass is 252 g/mol. The summed E-state index contributed by atoms with van der Waals surface area (Å²) in [6.07, 6.45) is 3.17. The molecule has 0 aliphatic carbocycles. The van der Waals surface area contributed by atoms with Gasteiger partial charge in [-0.05, 0) is 13.8 Å². The summed E-state index contributed by atoms with van der Waals surface area (Å²) in [6, 6.07) is 0. The van der Waals surface area contributed by atoms with E-state index in [1.807, 2.05) is 20.9 Å². The van der Waals surface area contributed by atoms with Crippen molar-refractivity contribution in [3.8, 4) is 11.6 Å². The predicted molar refractivity (Wildman–Crippen MR) is 64.3 cm³/mol. The molecule has 0 atom stereocenters. The first-order valence-corrected chi connectivity index (χ1v) is 5.70. The summed E-state index contributed by atoms with van der Waals surface area (Å²) in [7, 11) is 1.87. The predicted octanol–water partition coefficient (Wildman–Crippen LogP) is 2.36. The summed E-state index contributed by atoms with van der Waals surface area (Å²) >= 11 is 5.69. The average Bonchev–Trinajstić information content (AvgIpc) is 2.56. The van der Waals surface area contributed by atoms with Gasteiger partial charge >= 0.3 is 0 Å². The van der Waals surface area contributed by atoms with Crippen LogP contribution < -0.4 is 4.74 Å². The van der Waals surface area contributed by atoms with Crippen molar-refractivity contribution in [1.29, 1.82) is 0 Å². The highest BCUT2D eigenvalue weighted by atomic mass is 35.5. The smallest absolute Gasteiger partial charge is 0.238 e. The highest BCUT2D eigenvalue weighted by Crippen LogP contribution is 2.26. The molecule has 2 aromatic heterocycles. The minimum absolute atomic E-state index is 0.315. The van der Waals surface area contributed by atoms with Crippen molar-refractivity contribution < 1.29 is 4.74 Å². The van der Waals surface area contributed by atoms with E-state index in [-0.39, 0.29) is 0 Å². The molecule has 90 valence electrons. The quantitative estimate of drug-likeness (QED) is 0.787. The second-order valence-electron chi connectivity index (χ2n) is 3.71. The Kier molecular flexibility index (Phi) is 3.28. The van der Waals surface area contributed by atoms with Gasteiger partial charge in [-0.15, -0.1) is 11.6 Å². The first kappa shape index (κ1) is 11.9. The number of alkyl halides is 1. The molecule has 0 aromatic carbocycles. The first-order valence-electron chi connectivity index (χ1n) is 5.16. The van der Waals surface area contributed by atoms with Gasteiger partial charge in [0.2, 0.25) is 5.88 Å². The van der Waals surface area contributed by atoms with E-state index in [1.165, 1.54) is 0 Å². The molecule has 6 heteroatoms. The lowest BCUT2D eigenvalue weighted by atomic mass is 10.3. The van der Waals surface area contributed by atoms with Gasteiger partial charge in [-0.3, -0.25) is 9.67 Å². The fourth-order valence-electron chi connectivity index (χ4n) is 1.51. The number of nitrogens with zero attached hydrogens (tertiary/aromatic N) is 4. The molecule has 0 saturated carbocycles. The molecule has 0 aliphatic heterocycles. The van der Waals surface area contributed by atoms with Crippen molar-refractivity contribution in [2.45, 2.75) is 19.7 Å². The largest absolute Gasteiger partial charge is 0.434 e. The van der Waals surface area contributed by atoms with Crippen molar-refractivity contribution in [1.82, 2.24) is 19.7 Å². The highest BCUT2D eigenvalue weighted by molar-refractivity contribution is 6.16. The molecule has 0 bridgehead atoms. The van der Waals surface area contributed by atoms with Gasteiger partial charge < -0.3 is 4.74 Å². The van der Waals surface area contributed by atoms with Gasteiger partial charge in [-0.25, -0.2) is 4.98 Å². The van der Waals surface area contributed by atoms with Crippen LogP contribution in [-0.4, -0.2) is 19.7 Å². The number of aromatic nitrogens is 4. The van der Waals surface area contributed by atoms with Crippen molar-refractivity contribution in [2.24, 2.45) is 7.05 Å². The lowest BCUT2D eigenvalue weighted by Crippen LogP contribution is -1.95. The van der Waals surface area contributed by atoms with E-state index in [2.05, 4.69) is 15.1 Å². The zero-order valence-corrected chi connectivity index (χ0v) is 10.7. The van der Waals surface area contributed by atoms with E-state index in [4.69, 9.17) is 16.3 Å². The lowest BCUT2D eigenvalue weighted by molar-refractivity contribution is 0.451. The van der Waals surface area contributed by atoms with Gasteiger partial charge in [0.1, 0.15) is 5.69 Å². The van der Waals surface area contributed by atoms with Crippen molar-refractivity contribution in [3.63, 3.8) is 0 Å². The maximum atomic E-state index is 5.69. The van der Waals surface area contributed by atoms with Crippen LogP contribution in [0.3, 0.4) is 0 Å². The van der Waals surface area contributed by atoms with Crippen LogP contribution in [0.4, 0.5) is 0 Å². The molecule has 0 amide bonds. The van der Waals surface area contributed by atoms with Crippen LogP contribution in [0.5, 0.6) is 11.6 Å². The molecule has 0 unspecified atom stereocenters. The van der Waals surface area contributed by atoms with Crippen LogP contribution in [0, 0.1) is 13.8 Å². The third kappa shape index (κ3) is 2.39. The van der Waals surface area contributed by atoms with Crippen LogP contribution in [0.1, 0.15) is 17.1 Å². The van der Waals surface area contributed by atoms with E-state index in [0.29, 0.717) is 23.2 Å². The molecule has 0 saturated heterocycles. The third-order valence-corrected chi connectivity index (χ3v) is 2.72. The summed E-state index contributed by atoms with van der Waals surface area (Å²) in [6.45, 7) is 3.83. The Morgan fingerprint density at radius 2 is 2.12 bits per heavy atom. The van der Waals surface area contributed by atoms with Gasteiger partial charge in [0, 0.05) is 13.2 Å². The Morgan fingerprint density at radius 3 is 2.71 bits per heavy atom. The minimum Gasteiger partial charge on any atom is -0.434 e. The Bertz CT molecular complexity index is 538. The lowest BCUT2D eigenvalue weighted by Gasteiger charge is -2.05. The van der Waals surface area contributed by atoms with Gasteiger partial charge in [-0.2, -0.15) is 5.10 Å². The summed E-state index contributed by atoms with van der Waals surface area (Å²) in [5.74, 6) is 1.46. The molecule has 0 fully saturated rings. The van der Waals surface area contributed by atoms with Gasteiger partial charge in [0.15, 0.2) is 5.75 Å². The summed E-state index contributed by atoms with van der Waals surface area (Å²) in [5, 5.41) is 4.27. The Labute approximate surface area is 104 Å². The number of rotatable bonds is 3. The van der Waals surface area contributed by atoms with Crippen LogP contribution >= 0.6 is 11.6 Å². The van der Waals surface area contributed by atoms with Crippen LogP contribution in [0.15, 0.2) is 12.4 Å². The average molecular weight is 253 g/mol. The van der Waals surface area contributed by atoms with Gasteiger partial charge in [0.25, 0.3) is 0 Å². The molecular weight excluding hydrogens is 240 g/mol. The van der Waals surface area contributed by atoms with Crippen LogP contribution in [-0.2, 0) is 12.9 Å². The number of halogens is 1. The number of hydrogen-bond acceptors (Lipinski definition) is 4. The molecule has 0 spiro atoms. The van der Waals surface area contributed by atoms with Crippen molar-refractivity contribution >= 4 is 11.6 Å². The van der Waals surface area contributed by atoms with E-state index in [0.717, 1.165) is 11.4 Å². The maximum Gasteiger partial charge on any atom is 0.238 e. The highest BCUT2D eigenvalue weighted by Gasteiger charge is 2.12. The van der Waals surface area contributed by atoms with Gasteiger partial charge in [-0.1, -0.05) is 0 Å². The second-order valence-corrected chi connectivity index (χ2v) is 3.98. The minimum atomic E-state index is 0.315. The normalized spacial score (nSPS) is 10.6. The molecular formula is C11H13ClN4O. The number of aryl methyl sites for hydroxylation is 2. The van der Waals surface area contributed by atoms with Gasteiger partial charge in [0.05, 0.1) is 23.5 Å². The third-order valence-electron chi connectivity index (χ3n) is 2.45. The second kappa shape index (κ2) is 4.71. The van der Waals surface area contributed by atoms with Crippen LogP contribution in [0.2, 0.25) is 0 Å². The molecule has 0 aliphatic rings. The van der Waals surface area contributed by atoms with E-state index in [9.17, 15) is 0 Å². The number of ether oxygens (including phenoxy) is 1. The Balaban J connectivity index is 2.31. The molecule has 0 N–H and O–H groups in total. The van der Waals surface area contributed by atoms with E-state index in [1.54, 1.807) is 17.1 Å². The molecule has 2 rings (SSSR count). The molecule has 2 aromatic rings. The van der Waals surface area contributed by atoms with Crippen molar-refractivity contribution in [3.05, 3.63) is 29.5 Å². The molecule has 5 nitrogen and oxygen atoms in total. The zero-order chi connectivity index (χ0) is 12.4. The Morgan fingerprint density at radius 1 is 1.35 bits per heavy atom. The fourth-order valence-corrected chi connectivity index (χ4v) is 1.64. The zero-order valence-electron chi connectivity index (χ0n) is 9.94. The maximum absolute atomic E-state index is 5.69. The summed E-state index contributed by atoms with van der Waals surface area (Å²) in [5.41, 5.74) is 2.45. The molecule has 17 heavy (non-hydrogen) atoms. The Hall–Kier alpha value is -1.62. The van der Waals surface area contributed by atoms with Crippen molar-refractivity contribution in [2.75, 3.05) is 0 Å². The first-order chi connectivity index (χ1) is 8.11. The van der Waals surface area contributed by atoms with E-state index >= 15 is 0 Å². The van der Waals surface area contributed by atoms with Crippen LogP contribution in [0.25, 0.3) is 0 Å². The SMILES string of the molecule is Cc1nn(C)c(C)c1Oc1cncc(CCl)n1. The molecule has 2 heterocycles. The fraction of sp³-hybridized carbons (Fsp3) is 0.364. The summed E-state index contributed by atoms with van der Waals surface area (Å²) < 4.78 is 7.46.